The van der Waals surface area contributed by atoms with Gasteiger partial charge in [-0.05, 0) is 63.5 Å². The summed E-state index contributed by atoms with van der Waals surface area (Å²) in [4.78, 5) is 12.2. The Morgan fingerprint density at radius 1 is 1.17 bits per heavy atom. The number of aliphatic hydroxyl groups is 2. The van der Waals surface area contributed by atoms with Crippen LogP contribution >= 0.6 is 11.6 Å². The third-order valence-electron chi connectivity index (χ3n) is 6.54. The van der Waals surface area contributed by atoms with E-state index in [9.17, 15) is 54.2 Å². The lowest BCUT2D eigenvalue weighted by molar-refractivity contribution is -0.376. The minimum Gasteiger partial charge on any atom is -0.387 e. The molecule has 3 N–H and O–H groups in total. The van der Waals surface area contributed by atoms with Crippen molar-refractivity contribution in [2.75, 3.05) is 10.8 Å². The fourth-order valence-electron chi connectivity index (χ4n) is 4.17. The quantitative estimate of drug-likeness (QED) is 0.236. The molecule has 42 heavy (non-hydrogen) atoms. The van der Waals surface area contributed by atoms with Crippen LogP contribution in [0.3, 0.4) is 0 Å². The monoisotopic (exact) mass is 650 g/mol. The lowest BCUT2D eigenvalue weighted by atomic mass is 9.87. The smallest absolute Gasteiger partial charge is 0.387 e. The molecule has 7 nitrogen and oxygen atoms in total. The zero-order valence-electron chi connectivity index (χ0n) is 22.7. The normalized spacial score (nSPS) is 18.4. The van der Waals surface area contributed by atoms with E-state index in [1.54, 1.807) is 0 Å². The van der Waals surface area contributed by atoms with Gasteiger partial charge in [0.1, 0.15) is 6.17 Å². The highest BCUT2D eigenvalue weighted by Gasteiger charge is 2.71. The summed E-state index contributed by atoms with van der Waals surface area (Å²) < 4.78 is 123. The number of hydrogen-bond donors (Lipinski definition) is 3. The van der Waals surface area contributed by atoms with Crippen LogP contribution in [0.5, 0.6) is 0 Å². The molecule has 1 amide bonds. The van der Waals surface area contributed by atoms with Gasteiger partial charge >= 0.3 is 12.4 Å². The molecule has 1 unspecified atom stereocenters. The molecule has 0 saturated carbocycles. The van der Waals surface area contributed by atoms with Gasteiger partial charge in [-0.2, -0.15) is 26.3 Å². The number of carbonyl (C=O) groups excluding carboxylic acids is 1. The molecule has 1 aliphatic heterocycles. The van der Waals surface area contributed by atoms with Crippen LogP contribution in [0, 0.1) is 0 Å². The van der Waals surface area contributed by atoms with E-state index in [0.29, 0.717) is 22.5 Å². The number of sulfonamides is 1. The van der Waals surface area contributed by atoms with Crippen molar-refractivity contribution in [1.29, 1.82) is 0 Å². The zero-order valence-corrected chi connectivity index (χ0v) is 24.2. The number of amides is 1. The second-order valence-corrected chi connectivity index (χ2v) is 12.6. The van der Waals surface area contributed by atoms with Crippen LogP contribution in [0.15, 0.2) is 52.9 Å². The third kappa shape index (κ3) is 7.47. The molecule has 0 spiro atoms. The van der Waals surface area contributed by atoms with E-state index >= 15 is 0 Å². The van der Waals surface area contributed by atoms with Crippen LogP contribution in [0.2, 0.25) is 0 Å². The second kappa shape index (κ2) is 12.5. The van der Waals surface area contributed by atoms with E-state index in [-0.39, 0.29) is 29.1 Å². The Kier molecular flexibility index (Phi) is 10.6. The van der Waals surface area contributed by atoms with Crippen molar-refractivity contribution in [2.24, 2.45) is 0 Å². The summed E-state index contributed by atoms with van der Waals surface area (Å²) in [6, 6.07) is 0.195. The first-order valence-corrected chi connectivity index (χ1v) is 14.1. The molecule has 1 aliphatic rings. The molecule has 0 bridgehead atoms. The molecule has 1 aromatic carbocycles. The highest BCUT2D eigenvalue weighted by atomic mass is 35.5. The maximum Gasteiger partial charge on any atom is 0.430 e. The Balaban J connectivity index is 2.66. The predicted molar refractivity (Wildman–Crippen MR) is 143 cm³/mol. The van der Waals surface area contributed by atoms with Crippen molar-refractivity contribution >= 4 is 33.2 Å². The number of benzene rings is 1. The van der Waals surface area contributed by atoms with Gasteiger partial charge in [0, 0.05) is 17.0 Å². The summed E-state index contributed by atoms with van der Waals surface area (Å²) in [6.07, 6.45) is -12.1. The Morgan fingerprint density at radius 2 is 1.74 bits per heavy atom. The number of hydrogen-bond acceptors (Lipinski definition) is 5. The Morgan fingerprint density at radius 3 is 2.21 bits per heavy atom. The van der Waals surface area contributed by atoms with Gasteiger partial charge in [-0.25, -0.2) is 12.8 Å². The summed E-state index contributed by atoms with van der Waals surface area (Å²) in [5.74, 6) is -0.837. The molecule has 2 atom stereocenters. The topological polar surface area (TPSA) is 107 Å². The first-order valence-electron chi connectivity index (χ1n) is 12.3. The van der Waals surface area contributed by atoms with E-state index in [1.807, 2.05) is 0 Å². The molecule has 236 valence electrons. The van der Waals surface area contributed by atoms with Gasteiger partial charge in [-0.15, -0.1) is 0 Å². The second-order valence-electron chi connectivity index (χ2n) is 10.2. The molecule has 16 heteroatoms. The minimum absolute atomic E-state index is 0.162. The van der Waals surface area contributed by atoms with Gasteiger partial charge in [0.2, 0.25) is 5.91 Å². The van der Waals surface area contributed by atoms with E-state index in [1.165, 1.54) is 26.8 Å². The average Bonchev–Trinajstić information content (AvgIpc) is 2.84. The van der Waals surface area contributed by atoms with Crippen molar-refractivity contribution in [3.8, 4) is 0 Å². The van der Waals surface area contributed by atoms with Gasteiger partial charge in [-0.1, -0.05) is 30.3 Å². The lowest BCUT2D eigenvalue weighted by Gasteiger charge is -2.39. The largest absolute Gasteiger partial charge is 0.430 e. The van der Waals surface area contributed by atoms with Gasteiger partial charge in [0.25, 0.3) is 15.6 Å². The predicted octanol–water partition coefficient (Wildman–Crippen LogP) is 5.28. The van der Waals surface area contributed by atoms with E-state index < -0.39 is 75.1 Å². The molecule has 0 aromatic heterocycles. The van der Waals surface area contributed by atoms with Gasteiger partial charge in [0.15, 0.2) is 0 Å². The SMILES string of the molecule is C=C/C(=C\C=C(/C)Cl)S(=O)(=O)N1c2ccc(C(O)(C(F)(F)F)C(F)(F)F)cc2CCC1CC(=O)NC[C@@H](F)C(C)(C)O. The maximum atomic E-state index is 14.1. The standard InChI is InChI=1S/C26H30ClF7N2O5S/c1-5-19(10-6-15(2)27)42(40,41)36-18(13-22(37)35-14-21(28)23(3,4)38)9-7-16-12-17(8-11-20(16)36)24(39,25(29,30)31)26(32,33)34/h5-6,8,10-12,18,21,38-39H,1,7,9,13-14H2,2-4H3,(H,35,37)/b15-6+,19-10+/t18?,21-/m1/s1. The summed E-state index contributed by atoms with van der Waals surface area (Å²) in [5, 5.41) is 22.0. The Bertz CT molecular complexity index is 1330. The number of alkyl halides is 7. The molecule has 0 fully saturated rings. The Labute approximate surface area is 243 Å². The van der Waals surface area contributed by atoms with Crippen LogP contribution < -0.4 is 9.62 Å². The molecule has 0 radical (unpaired) electrons. The number of nitrogens with zero attached hydrogens (tertiary/aromatic N) is 1. The zero-order chi connectivity index (χ0) is 32.5. The van der Waals surface area contributed by atoms with Gasteiger partial charge in [-0.3, -0.25) is 9.10 Å². The summed E-state index contributed by atoms with van der Waals surface area (Å²) in [6.45, 7) is 6.60. The summed E-state index contributed by atoms with van der Waals surface area (Å²) in [5.41, 5.74) is -9.23. The number of anilines is 1. The van der Waals surface area contributed by atoms with E-state index in [0.717, 1.165) is 12.2 Å². The number of nitrogens with one attached hydrogen (secondary N) is 1. The van der Waals surface area contributed by atoms with Crippen LogP contribution in [-0.2, 0) is 26.8 Å². The number of fused-ring (bicyclic) bond motifs is 1. The van der Waals surface area contributed by atoms with Crippen molar-refractivity contribution < 1.29 is 54.2 Å². The van der Waals surface area contributed by atoms with Crippen molar-refractivity contribution in [2.45, 2.75) is 75.8 Å². The van der Waals surface area contributed by atoms with E-state index in [2.05, 4.69) is 11.9 Å². The van der Waals surface area contributed by atoms with Crippen LogP contribution in [0.25, 0.3) is 0 Å². The molecule has 2 rings (SSSR count). The first-order chi connectivity index (χ1) is 19.0. The highest BCUT2D eigenvalue weighted by molar-refractivity contribution is 7.96. The maximum absolute atomic E-state index is 14.1. The minimum atomic E-state index is -6.16. The molecule has 1 aromatic rings. The number of allylic oxidation sites excluding steroid dienone is 4. The van der Waals surface area contributed by atoms with Gasteiger partial charge in [0.05, 0.1) is 28.8 Å². The number of carbonyl (C=O) groups is 1. The van der Waals surface area contributed by atoms with Gasteiger partial charge < -0.3 is 15.5 Å². The van der Waals surface area contributed by atoms with Crippen molar-refractivity contribution in [3.63, 3.8) is 0 Å². The van der Waals surface area contributed by atoms with Crippen LogP contribution in [0.1, 0.15) is 44.7 Å². The molecule has 0 aliphatic carbocycles. The molecular formula is C26H30ClF7N2O5S. The number of halogens is 8. The summed E-state index contributed by atoms with van der Waals surface area (Å²) in [7, 11) is -4.67. The fraction of sp³-hybridized carbons (Fsp3) is 0.500. The van der Waals surface area contributed by atoms with Crippen LogP contribution in [-0.4, -0.2) is 61.2 Å². The summed E-state index contributed by atoms with van der Waals surface area (Å²) >= 11 is 5.78. The van der Waals surface area contributed by atoms with E-state index in [4.69, 9.17) is 11.6 Å². The van der Waals surface area contributed by atoms with Crippen molar-refractivity contribution in [3.05, 3.63) is 64.1 Å². The molecular weight excluding hydrogens is 621 g/mol. The van der Waals surface area contributed by atoms with Crippen LogP contribution in [0.4, 0.5) is 36.4 Å². The Hall–Kier alpha value is -2.62. The fourth-order valence-corrected chi connectivity index (χ4v) is 5.92. The first kappa shape index (κ1) is 35.6. The molecule has 1 heterocycles. The lowest BCUT2D eigenvalue weighted by Crippen LogP contribution is -2.54. The van der Waals surface area contributed by atoms with Crippen molar-refractivity contribution in [1.82, 2.24) is 5.32 Å². The number of rotatable bonds is 10. The molecule has 0 saturated heterocycles. The average molecular weight is 651 g/mol. The third-order valence-corrected chi connectivity index (χ3v) is 8.57. The number of aryl methyl sites for hydroxylation is 1. The highest BCUT2D eigenvalue weighted by Crippen LogP contribution is 2.51.